The number of thiophene rings is 1. The van der Waals surface area contributed by atoms with Gasteiger partial charge in [0.1, 0.15) is 5.82 Å². The number of para-hydroxylation sites is 1. The quantitative estimate of drug-likeness (QED) is 0.547. The summed E-state index contributed by atoms with van der Waals surface area (Å²) in [5.74, 6) is 1.79. The smallest absolute Gasteiger partial charge is 0.128 e. The highest BCUT2D eigenvalue weighted by atomic mass is 32.1. The maximum Gasteiger partial charge on any atom is 0.128 e. The van der Waals surface area contributed by atoms with E-state index in [0.29, 0.717) is 6.04 Å². The molecule has 0 atom stereocenters. The molecule has 1 aliphatic carbocycles. The van der Waals surface area contributed by atoms with Crippen LogP contribution < -0.4 is 15.5 Å². The van der Waals surface area contributed by atoms with E-state index in [1.54, 1.807) is 0 Å². The molecule has 1 aliphatic rings. The van der Waals surface area contributed by atoms with Crippen LogP contribution in [0.15, 0.2) is 42.5 Å². The number of hydrogen-bond acceptors (Lipinski definition) is 5. The topological polar surface area (TPSA) is 40.2 Å². The van der Waals surface area contributed by atoms with Crippen molar-refractivity contribution in [2.75, 3.05) is 30.9 Å². The molecule has 0 saturated heterocycles. The van der Waals surface area contributed by atoms with Gasteiger partial charge in [-0.05, 0) is 63.3 Å². The molecule has 154 valence electrons. The molecule has 5 heteroatoms. The van der Waals surface area contributed by atoms with E-state index in [1.165, 1.54) is 46.5 Å². The standard InChI is InChI=1S/C24H32N4S/c1-17-8-13-20(29-17)16-25-15-18-9-11-19(12-10-18)26-24-14-23(28(2)3)21-6-4-5-7-22(21)27-24/h4-8,13-14,18-19,25H,9-12,15-16H2,1-3H3,(H,26,27)/t18-,19+. The monoisotopic (exact) mass is 408 g/mol. The molecule has 0 amide bonds. The van der Waals surface area contributed by atoms with Crippen LogP contribution in [0, 0.1) is 12.8 Å². The summed E-state index contributed by atoms with van der Waals surface area (Å²) < 4.78 is 0. The van der Waals surface area contributed by atoms with Crippen LogP contribution in [0.3, 0.4) is 0 Å². The summed E-state index contributed by atoms with van der Waals surface area (Å²) in [7, 11) is 4.20. The Morgan fingerprint density at radius 3 is 2.59 bits per heavy atom. The molecule has 3 aromatic rings. The van der Waals surface area contributed by atoms with Crippen LogP contribution in [-0.2, 0) is 6.54 Å². The Kier molecular flexibility index (Phi) is 6.36. The first-order valence-electron chi connectivity index (χ1n) is 10.7. The molecule has 1 aromatic carbocycles. The fourth-order valence-electron chi connectivity index (χ4n) is 4.30. The van der Waals surface area contributed by atoms with Crippen LogP contribution >= 0.6 is 11.3 Å². The van der Waals surface area contributed by atoms with Gasteiger partial charge in [0, 0.05) is 53.6 Å². The zero-order valence-corrected chi connectivity index (χ0v) is 18.6. The number of aromatic nitrogens is 1. The molecule has 0 aliphatic heterocycles. The normalized spacial score (nSPS) is 19.4. The van der Waals surface area contributed by atoms with Crippen molar-refractivity contribution < 1.29 is 0 Å². The summed E-state index contributed by atoms with van der Waals surface area (Å²) in [5.41, 5.74) is 2.28. The van der Waals surface area contributed by atoms with Gasteiger partial charge in [0.15, 0.2) is 0 Å². The molecule has 4 rings (SSSR count). The maximum atomic E-state index is 4.87. The summed E-state index contributed by atoms with van der Waals surface area (Å²) in [5, 5.41) is 8.59. The molecule has 0 unspecified atom stereocenters. The lowest BCUT2D eigenvalue weighted by Gasteiger charge is -2.30. The van der Waals surface area contributed by atoms with Gasteiger partial charge in [-0.1, -0.05) is 18.2 Å². The summed E-state index contributed by atoms with van der Waals surface area (Å²) >= 11 is 1.90. The third kappa shape index (κ3) is 5.09. The first-order valence-corrected chi connectivity index (χ1v) is 11.5. The Labute approximate surface area is 178 Å². The van der Waals surface area contributed by atoms with Crippen LogP contribution in [-0.4, -0.2) is 31.7 Å². The molecular formula is C24H32N4S. The van der Waals surface area contributed by atoms with Gasteiger partial charge < -0.3 is 15.5 Å². The van der Waals surface area contributed by atoms with Crippen LogP contribution in [0.4, 0.5) is 11.5 Å². The number of aryl methyl sites for hydroxylation is 1. The van der Waals surface area contributed by atoms with Gasteiger partial charge >= 0.3 is 0 Å². The van der Waals surface area contributed by atoms with Crippen LogP contribution in [0.5, 0.6) is 0 Å². The second-order valence-corrected chi connectivity index (χ2v) is 9.82. The van der Waals surface area contributed by atoms with Crippen molar-refractivity contribution in [3.63, 3.8) is 0 Å². The molecule has 2 aromatic heterocycles. The summed E-state index contributed by atoms with van der Waals surface area (Å²) in [4.78, 5) is 9.88. The molecule has 0 bridgehead atoms. The number of nitrogens with zero attached hydrogens (tertiary/aromatic N) is 2. The van der Waals surface area contributed by atoms with E-state index >= 15 is 0 Å². The number of fused-ring (bicyclic) bond motifs is 1. The number of anilines is 2. The van der Waals surface area contributed by atoms with Crippen LogP contribution in [0.25, 0.3) is 10.9 Å². The van der Waals surface area contributed by atoms with E-state index in [0.717, 1.165) is 30.3 Å². The van der Waals surface area contributed by atoms with Gasteiger partial charge in [0.05, 0.1) is 5.52 Å². The van der Waals surface area contributed by atoms with Gasteiger partial charge in [0.2, 0.25) is 0 Å². The summed E-state index contributed by atoms with van der Waals surface area (Å²) in [6.07, 6.45) is 5.00. The van der Waals surface area contributed by atoms with Crippen molar-refractivity contribution in [1.82, 2.24) is 10.3 Å². The van der Waals surface area contributed by atoms with Crippen molar-refractivity contribution in [2.45, 2.75) is 45.2 Å². The Balaban J connectivity index is 1.30. The third-order valence-electron chi connectivity index (χ3n) is 5.90. The van der Waals surface area contributed by atoms with Gasteiger partial charge in [-0.25, -0.2) is 4.98 Å². The summed E-state index contributed by atoms with van der Waals surface area (Å²) in [6.45, 7) is 4.31. The van der Waals surface area contributed by atoms with Crippen molar-refractivity contribution in [2.24, 2.45) is 5.92 Å². The number of pyridine rings is 1. The van der Waals surface area contributed by atoms with E-state index in [-0.39, 0.29) is 0 Å². The molecule has 0 radical (unpaired) electrons. The van der Waals surface area contributed by atoms with Crippen molar-refractivity contribution in [1.29, 1.82) is 0 Å². The largest absolute Gasteiger partial charge is 0.377 e. The van der Waals surface area contributed by atoms with Crippen LogP contribution in [0.1, 0.15) is 35.4 Å². The fourth-order valence-corrected chi connectivity index (χ4v) is 5.16. The SMILES string of the molecule is Cc1ccc(CNC[C@H]2CC[C@@H](Nc3cc(N(C)C)c4ccccc4n3)CC2)s1. The molecule has 29 heavy (non-hydrogen) atoms. The lowest BCUT2D eigenvalue weighted by molar-refractivity contribution is 0.324. The average Bonchev–Trinajstić information content (AvgIpc) is 3.13. The van der Waals surface area contributed by atoms with Crippen molar-refractivity contribution in [3.8, 4) is 0 Å². The van der Waals surface area contributed by atoms with Gasteiger partial charge in [-0.15, -0.1) is 11.3 Å². The van der Waals surface area contributed by atoms with E-state index < -0.39 is 0 Å². The second-order valence-electron chi connectivity index (χ2n) is 8.44. The van der Waals surface area contributed by atoms with Gasteiger partial charge in [0.25, 0.3) is 0 Å². The predicted octanol–water partition coefficient (Wildman–Crippen LogP) is 5.43. The number of hydrogen-bond donors (Lipinski definition) is 2. The first kappa shape index (κ1) is 20.2. The molecule has 1 fully saturated rings. The van der Waals surface area contributed by atoms with E-state index in [2.05, 4.69) is 79.0 Å². The number of rotatable bonds is 7. The van der Waals surface area contributed by atoms with E-state index in [9.17, 15) is 0 Å². The molecule has 2 N–H and O–H groups in total. The molecular weight excluding hydrogens is 376 g/mol. The number of benzene rings is 1. The minimum Gasteiger partial charge on any atom is -0.377 e. The first-order chi connectivity index (χ1) is 14.1. The Hall–Kier alpha value is -2.11. The number of nitrogens with one attached hydrogen (secondary N) is 2. The van der Waals surface area contributed by atoms with E-state index in [4.69, 9.17) is 4.98 Å². The minimum atomic E-state index is 0.523. The highest BCUT2D eigenvalue weighted by Gasteiger charge is 2.21. The van der Waals surface area contributed by atoms with E-state index in [1.807, 2.05) is 11.3 Å². The third-order valence-corrected chi connectivity index (χ3v) is 6.90. The molecule has 2 heterocycles. The highest BCUT2D eigenvalue weighted by molar-refractivity contribution is 7.11. The zero-order chi connectivity index (χ0) is 20.2. The highest BCUT2D eigenvalue weighted by Crippen LogP contribution is 2.30. The second kappa shape index (κ2) is 9.14. The average molecular weight is 409 g/mol. The van der Waals surface area contributed by atoms with Gasteiger partial charge in [-0.2, -0.15) is 0 Å². The predicted molar refractivity (Wildman–Crippen MR) is 126 cm³/mol. The van der Waals surface area contributed by atoms with Crippen molar-refractivity contribution >= 4 is 33.7 Å². The lowest BCUT2D eigenvalue weighted by Crippen LogP contribution is -2.31. The lowest BCUT2D eigenvalue weighted by atomic mass is 9.86. The molecule has 4 nitrogen and oxygen atoms in total. The summed E-state index contributed by atoms with van der Waals surface area (Å²) in [6, 6.07) is 15.6. The van der Waals surface area contributed by atoms with Crippen LogP contribution in [0.2, 0.25) is 0 Å². The Bertz CT molecular complexity index is 941. The maximum absolute atomic E-state index is 4.87. The van der Waals surface area contributed by atoms with Crippen molar-refractivity contribution in [3.05, 3.63) is 52.2 Å². The zero-order valence-electron chi connectivity index (χ0n) is 17.7. The Morgan fingerprint density at radius 2 is 1.86 bits per heavy atom. The minimum absolute atomic E-state index is 0.523. The Morgan fingerprint density at radius 1 is 1.07 bits per heavy atom. The van der Waals surface area contributed by atoms with Gasteiger partial charge in [-0.3, -0.25) is 0 Å². The molecule has 1 saturated carbocycles. The fraction of sp³-hybridized carbons (Fsp3) is 0.458. The molecule has 0 spiro atoms.